The number of halogens is 2. The molecule has 2 aromatic carbocycles. The number of hydrogen-bond donors (Lipinski definition) is 1. The molecule has 0 aliphatic heterocycles. The second-order valence-corrected chi connectivity index (χ2v) is 4.53. The molecule has 0 unspecified atom stereocenters. The van der Waals surface area contributed by atoms with Gasteiger partial charge in [0, 0.05) is 21.2 Å². The van der Waals surface area contributed by atoms with Crippen molar-refractivity contribution in [2.75, 3.05) is 5.73 Å². The highest BCUT2D eigenvalue weighted by atomic mass is 79.9. The normalized spacial score (nSPS) is 10.1. The Morgan fingerprint density at radius 1 is 1.00 bits per heavy atom. The van der Waals surface area contributed by atoms with E-state index in [1.54, 1.807) is 30.3 Å². The molecule has 0 fully saturated rings. The summed E-state index contributed by atoms with van der Waals surface area (Å²) in [7, 11) is 0. The van der Waals surface area contributed by atoms with Crippen molar-refractivity contribution in [3.05, 3.63) is 52.0 Å². The maximum atomic E-state index is 5.78. The molecule has 0 saturated carbocycles. The number of nitrogen functional groups attached to an aromatic ring is 1. The Balaban J connectivity index is 2.20. The van der Waals surface area contributed by atoms with E-state index < -0.39 is 0 Å². The van der Waals surface area contributed by atoms with Crippen LogP contribution < -0.4 is 10.5 Å². The molecule has 2 nitrogen and oxygen atoms in total. The summed E-state index contributed by atoms with van der Waals surface area (Å²) in [5.74, 6) is 1.43. The topological polar surface area (TPSA) is 35.2 Å². The Morgan fingerprint density at radius 3 is 2.25 bits per heavy atom. The molecular formula is C12H9BrClNO. The van der Waals surface area contributed by atoms with E-state index in [1.807, 2.05) is 12.1 Å². The number of ether oxygens (including phenoxy) is 1. The molecule has 0 saturated heterocycles. The number of benzene rings is 2. The largest absolute Gasteiger partial charge is 0.457 e. The van der Waals surface area contributed by atoms with Gasteiger partial charge in [0.2, 0.25) is 0 Å². The molecule has 0 bridgehead atoms. The third-order valence-corrected chi connectivity index (χ3v) is 2.99. The number of anilines is 1. The van der Waals surface area contributed by atoms with Gasteiger partial charge in [-0.2, -0.15) is 0 Å². The summed E-state index contributed by atoms with van der Waals surface area (Å²) in [4.78, 5) is 0. The molecule has 0 spiro atoms. The summed E-state index contributed by atoms with van der Waals surface area (Å²) in [5.41, 5.74) is 6.40. The maximum Gasteiger partial charge on any atom is 0.129 e. The number of nitrogens with two attached hydrogens (primary N) is 1. The van der Waals surface area contributed by atoms with Crippen molar-refractivity contribution >= 4 is 33.2 Å². The SMILES string of the molecule is Nc1cc(Oc2ccc(Cl)cc2)ccc1Br. The second-order valence-electron chi connectivity index (χ2n) is 3.24. The Kier molecular flexibility index (Phi) is 3.36. The van der Waals surface area contributed by atoms with Gasteiger partial charge in [-0.3, -0.25) is 0 Å². The first-order chi connectivity index (χ1) is 7.65. The van der Waals surface area contributed by atoms with Crippen molar-refractivity contribution in [3.8, 4) is 11.5 Å². The van der Waals surface area contributed by atoms with E-state index in [-0.39, 0.29) is 0 Å². The van der Waals surface area contributed by atoms with Gasteiger partial charge in [-0.1, -0.05) is 11.6 Å². The second kappa shape index (κ2) is 4.76. The van der Waals surface area contributed by atoms with Crippen molar-refractivity contribution in [2.45, 2.75) is 0 Å². The number of rotatable bonds is 2. The van der Waals surface area contributed by atoms with E-state index >= 15 is 0 Å². The maximum absolute atomic E-state index is 5.78. The van der Waals surface area contributed by atoms with Gasteiger partial charge in [0.05, 0.1) is 0 Å². The first-order valence-corrected chi connectivity index (χ1v) is 5.81. The summed E-state index contributed by atoms with van der Waals surface area (Å²) < 4.78 is 6.47. The lowest BCUT2D eigenvalue weighted by atomic mass is 10.3. The molecule has 0 aromatic heterocycles. The van der Waals surface area contributed by atoms with Crippen LogP contribution in [0.15, 0.2) is 46.9 Å². The molecule has 0 heterocycles. The molecule has 16 heavy (non-hydrogen) atoms. The van der Waals surface area contributed by atoms with Crippen LogP contribution in [0, 0.1) is 0 Å². The zero-order valence-electron chi connectivity index (χ0n) is 8.28. The van der Waals surface area contributed by atoms with Crippen LogP contribution in [0.4, 0.5) is 5.69 Å². The summed E-state index contributed by atoms with van der Waals surface area (Å²) in [6.45, 7) is 0. The fraction of sp³-hybridized carbons (Fsp3) is 0. The molecule has 0 radical (unpaired) electrons. The molecule has 2 rings (SSSR count). The van der Waals surface area contributed by atoms with Gasteiger partial charge in [0.15, 0.2) is 0 Å². The van der Waals surface area contributed by atoms with Crippen LogP contribution >= 0.6 is 27.5 Å². The van der Waals surface area contributed by atoms with Gasteiger partial charge in [0.1, 0.15) is 11.5 Å². The van der Waals surface area contributed by atoms with Crippen LogP contribution in [0.25, 0.3) is 0 Å². The Labute approximate surface area is 107 Å². The van der Waals surface area contributed by atoms with Crippen molar-refractivity contribution in [2.24, 2.45) is 0 Å². The molecule has 2 N–H and O–H groups in total. The van der Waals surface area contributed by atoms with E-state index in [2.05, 4.69) is 15.9 Å². The lowest BCUT2D eigenvalue weighted by Crippen LogP contribution is -1.89. The van der Waals surface area contributed by atoms with E-state index in [9.17, 15) is 0 Å². The lowest BCUT2D eigenvalue weighted by Gasteiger charge is -2.07. The smallest absolute Gasteiger partial charge is 0.129 e. The number of hydrogen-bond acceptors (Lipinski definition) is 2. The van der Waals surface area contributed by atoms with E-state index in [0.717, 1.165) is 10.2 Å². The first-order valence-electron chi connectivity index (χ1n) is 4.63. The first kappa shape index (κ1) is 11.3. The molecule has 0 amide bonds. The molecule has 2 aromatic rings. The molecular weight excluding hydrogens is 289 g/mol. The van der Waals surface area contributed by atoms with Gasteiger partial charge in [0.25, 0.3) is 0 Å². The predicted octanol–water partition coefficient (Wildman–Crippen LogP) is 4.48. The van der Waals surface area contributed by atoms with Gasteiger partial charge in [-0.05, 0) is 52.3 Å². The predicted molar refractivity (Wildman–Crippen MR) is 70.1 cm³/mol. The van der Waals surface area contributed by atoms with Crippen LogP contribution in [-0.4, -0.2) is 0 Å². The summed E-state index contributed by atoms with van der Waals surface area (Å²) in [6.07, 6.45) is 0. The Morgan fingerprint density at radius 2 is 1.62 bits per heavy atom. The zero-order valence-corrected chi connectivity index (χ0v) is 10.6. The van der Waals surface area contributed by atoms with Crippen LogP contribution in [0.3, 0.4) is 0 Å². The van der Waals surface area contributed by atoms with Crippen molar-refractivity contribution in [1.29, 1.82) is 0 Å². The Hall–Kier alpha value is -1.19. The third kappa shape index (κ3) is 2.68. The van der Waals surface area contributed by atoms with Crippen LogP contribution in [0.1, 0.15) is 0 Å². The summed E-state index contributed by atoms with van der Waals surface area (Å²) in [6, 6.07) is 12.6. The average molecular weight is 299 g/mol. The summed E-state index contributed by atoms with van der Waals surface area (Å²) in [5, 5.41) is 0.683. The average Bonchev–Trinajstić information content (AvgIpc) is 2.27. The monoisotopic (exact) mass is 297 g/mol. The Bertz CT molecular complexity index is 499. The quantitative estimate of drug-likeness (QED) is 0.830. The van der Waals surface area contributed by atoms with Crippen LogP contribution in [0.5, 0.6) is 11.5 Å². The minimum atomic E-state index is 0.645. The van der Waals surface area contributed by atoms with Crippen molar-refractivity contribution < 1.29 is 4.74 Å². The molecule has 0 aliphatic carbocycles. The summed E-state index contributed by atoms with van der Waals surface area (Å²) >= 11 is 9.11. The van der Waals surface area contributed by atoms with E-state index in [0.29, 0.717) is 16.5 Å². The molecule has 82 valence electrons. The highest BCUT2D eigenvalue weighted by Gasteiger charge is 2.00. The fourth-order valence-corrected chi connectivity index (χ4v) is 1.60. The molecule has 0 atom stereocenters. The van der Waals surface area contributed by atoms with Gasteiger partial charge >= 0.3 is 0 Å². The lowest BCUT2D eigenvalue weighted by molar-refractivity contribution is 0.483. The standard InChI is InChI=1S/C12H9BrClNO/c13-11-6-5-10(7-12(11)15)16-9-3-1-8(14)2-4-9/h1-7H,15H2. The fourth-order valence-electron chi connectivity index (χ4n) is 1.22. The highest BCUT2D eigenvalue weighted by molar-refractivity contribution is 9.10. The molecule has 0 aliphatic rings. The zero-order chi connectivity index (χ0) is 11.5. The third-order valence-electron chi connectivity index (χ3n) is 2.02. The minimum Gasteiger partial charge on any atom is -0.457 e. The van der Waals surface area contributed by atoms with Gasteiger partial charge in [-0.15, -0.1) is 0 Å². The van der Waals surface area contributed by atoms with Crippen molar-refractivity contribution in [1.82, 2.24) is 0 Å². The van der Waals surface area contributed by atoms with Crippen LogP contribution in [-0.2, 0) is 0 Å². The van der Waals surface area contributed by atoms with Crippen molar-refractivity contribution in [3.63, 3.8) is 0 Å². The highest BCUT2D eigenvalue weighted by Crippen LogP contribution is 2.28. The van der Waals surface area contributed by atoms with E-state index in [1.165, 1.54) is 0 Å². The van der Waals surface area contributed by atoms with Gasteiger partial charge < -0.3 is 10.5 Å². The molecule has 4 heteroatoms. The van der Waals surface area contributed by atoms with E-state index in [4.69, 9.17) is 22.1 Å². The van der Waals surface area contributed by atoms with Crippen LogP contribution in [0.2, 0.25) is 5.02 Å². The van der Waals surface area contributed by atoms with Gasteiger partial charge in [-0.25, -0.2) is 0 Å². The minimum absolute atomic E-state index is 0.645.